The molecule has 0 saturated heterocycles. The summed E-state index contributed by atoms with van der Waals surface area (Å²) < 4.78 is 26.7. The molecule has 1 aliphatic heterocycles. The minimum absolute atomic E-state index is 0.105. The minimum Gasteiger partial charge on any atom is -0.326 e. The standard InChI is InChI=1S/C12H15N3O3S/c1-9(16)14-10-4-2-5-11(8-10)19(17,18)15-12-6-3-7-13-12/h2,4-5,8H,3,6-7H2,1H3,(H,13,15)(H,14,16). The lowest BCUT2D eigenvalue weighted by atomic mass is 10.3. The van der Waals surface area contributed by atoms with Crippen molar-refractivity contribution in [2.75, 3.05) is 11.9 Å². The van der Waals surface area contributed by atoms with Crippen LogP contribution in [0.2, 0.25) is 0 Å². The Kier molecular flexibility index (Phi) is 3.84. The Morgan fingerprint density at radius 2 is 2.16 bits per heavy atom. The van der Waals surface area contributed by atoms with E-state index in [0.717, 1.165) is 6.42 Å². The van der Waals surface area contributed by atoms with Crippen LogP contribution < -0.4 is 10.0 Å². The van der Waals surface area contributed by atoms with E-state index in [-0.39, 0.29) is 10.8 Å². The van der Waals surface area contributed by atoms with Gasteiger partial charge in [-0.1, -0.05) is 6.07 Å². The van der Waals surface area contributed by atoms with Crippen LogP contribution in [-0.4, -0.2) is 26.7 Å². The predicted octanol–water partition coefficient (Wildman–Crippen LogP) is 1.12. The molecular formula is C12H15N3O3S. The van der Waals surface area contributed by atoms with Crippen molar-refractivity contribution in [1.29, 1.82) is 0 Å². The average Bonchev–Trinajstić information content (AvgIpc) is 2.80. The van der Waals surface area contributed by atoms with Gasteiger partial charge in [0, 0.05) is 25.6 Å². The molecule has 102 valence electrons. The minimum atomic E-state index is -3.63. The lowest BCUT2D eigenvalue weighted by molar-refractivity contribution is -0.114. The molecule has 0 spiro atoms. The molecule has 1 heterocycles. The summed E-state index contributed by atoms with van der Waals surface area (Å²) in [7, 11) is -3.63. The second kappa shape index (κ2) is 5.40. The van der Waals surface area contributed by atoms with Gasteiger partial charge in [0.15, 0.2) is 0 Å². The number of carbonyl (C=O) groups is 1. The normalized spacial score (nSPS) is 14.9. The first-order valence-electron chi connectivity index (χ1n) is 5.91. The average molecular weight is 281 g/mol. The summed E-state index contributed by atoms with van der Waals surface area (Å²) in [5, 5.41) is 2.55. The Morgan fingerprint density at radius 3 is 2.79 bits per heavy atom. The van der Waals surface area contributed by atoms with Gasteiger partial charge in [-0.15, -0.1) is 0 Å². The highest BCUT2D eigenvalue weighted by molar-refractivity contribution is 7.90. The number of carbonyl (C=O) groups excluding carboxylic acids is 1. The first-order chi connectivity index (χ1) is 8.97. The van der Waals surface area contributed by atoms with Crippen LogP contribution in [0.5, 0.6) is 0 Å². The molecule has 1 aromatic rings. The molecule has 0 aromatic heterocycles. The number of anilines is 1. The molecule has 2 N–H and O–H groups in total. The number of nitrogens with zero attached hydrogens (tertiary/aromatic N) is 1. The Balaban J connectivity index is 2.22. The van der Waals surface area contributed by atoms with Gasteiger partial charge < -0.3 is 5.32 Å². The van der Waals surface area contributed by atoms with Gasteiger partial charge in [-0.05, 0) is 24.6 Å². The zero-order valence-electron chi connectivity index (χ0n) is 10.5. The molecule has 6 nitrogen and oxygen atoms in total. The summed E-state index contributed by atoms with van der Waals surface area (Å²) in [5.41, 5.74) is 0.448. The fourth-order valence-electron chi connectivity index (χ4n) is 1.78. The smallest absolute Gasteiger partial charge is 0.262 e. The quantitative estimate of drug-likeness (QED) is 0.870. The lowest BCUT2D eigenvalue weighted by Crippen LogP contribution is -2.29. The van der Waals surface area contributed by atoms with Gasteiger partial charge in [-0.3, -0.25) is 14.5 Å². The summed E-state index contributed by atoms with van der Waals surface area (Å²) in [4.78, 5) is 15.1. The lowest BCUT2D eigenvalue weighted by Gasteiger charge is -2.09. The Labute approximate surface area is 112 Å². The summed E-state index contributed by atoms with van der Waals surface area (Å²) in [5.74, 6) is 0.243. The van der Waals surface area contributed by atoms with E-state index in [0.29, 0.717) is 24.5 Å². The van der Waals surface area contributed by atoms with E-state index in [2.05, 4.69) is 15.0 Å². The van der Waals surface area contributed by atoms with Crippen LogP contribution in [0.4, 0.5) is 5.69 Å². The summed E-state index contributed by atoms with van der Waals surface area (Å²) in [6.07, 6.45) is 1.51. The number of aliphatic imine (C=N–C) groups is 1. The molecule has 0 fully saturated rings. The molecule has 7 heteroatoms. The molecule has 1 aliphatic rings. The van der Waals surface area contributed by atoms with Crippen molar-refractivity contribution in [2.45, 2.75) is 24.7 Å². The molecular weight excluding hydrogens is 266 g/mol. The van der Waals surface area contributed by atoms with Crippen molar-refractivity contribution in [1.82, 2.24) is 4.72 Å². The van der Waals surface area contributed by atoms with E-state index < -0.39 is 10.0 Å². The third-order valence-corrected chi connectivity index (χ3v) is 3.97. The Bertz CT molecular complexity index is 623. The van der Waals surface area contributed by atoms with Crippen LogP contribution in [0.15, 0.2) is 34.2 Å². The van der Waals surface area contributed by atoms with Gasteiger partial charge in [0.2, 0.25) is 5.91 Å². The van der Waals surface area contributed by atoms with Crippen molar-refractivity contribution >= 4 is 27.5 Å². The van der Waals surface area contributed by atoms with Crippen molar-refractivity contribution < 1.29 is 13.2 Å². The Hall–Kier alpha value is -1.89. The van der Waals surface area contributed by atoms with Crippen molar-refractivity contribution in [3.63, 3.8) is 0 Å². The zero-order valence-corrected chi connectivity index (χ0v) is 11.3. The van der Waals surface area contributed by atoms with Crippen molar-refractivity contribution in [2.24, 2.45) is 4.99 Å². The first-order valence-corrected chi connectivity index (χ1v) is 7.39. The van der Waals surface area contributed by atoms with E-state index in [4.69, 9.17) is 0 Å². The van der Waals surface area contributed by atoms with Crippen molar-refractivity contribution in [3.8, 4) is 0 Å². The number of sulfonamides is 1. The molecule has 0 atom stereocenters. The number of hydrogen-bond donors (Lipinski definition) is 2. The number of amides is 1. The number of amidine groups is 1. The SMILES string of the molecule is CC(=O)Nc1cccc(S(=O)(=O)NC2=NCCC2)c1. The molecule has 1 aromatic carbocycles. The highest BCUT2D eigenvalue weighted by Gasteiger charge is 2.18. The van der Waals surface area contributed by atoms with Crippen LogP contribution in [0.3, 0.4) is 0 Å². The van der Waals surface area contributed by atoms with Crippen LogP contribution in [0, 0.1) is 0 Å². The van der Waals surface area contributed by atoms with Gasteiger partial charge in [-0.25, -0.2) is 8.42 Å². The number of rotatable bonds is 3. The number of hydrogen-bond acceptors (Lipinski definition) is 4. The highest BCUT2D eigenvalue weighted by Crippen LogP contribution is 2.16. The monoisotopic (exact) mass is 281 g/mol. The maximum absolute atomic E-state index is 12.1. The topological polar surface area (TPSA) is 87.6 Å². The van der Waals surface area contributed by atoms with E-state index in [9.17, 15) is 13.2 Å². The third kappa shape index (κ3) is 3.54. The molecule has 1 amide bonds. The maximum atomic E-state index is 12.1. The summed E-state index contributed by atoms with van der Waals surface area (Å²) in [6, 6.07) is 6.10. The second-order valence-electron chi connectivity index (χ2n) is 4.25. The summed E-state index contributed by atoms with van der Waals surface area (Å²) in [6.45, 7) is 2.02. The molecule has 0 saturated carbocycles. The fourth-order valence-corrected chi connectivity index (χ4v) is 2.92. The fraction of sp³-hybridized carbons (Fsp3) is 0.333. The Morgan fingerprint density at radius 1 is 1.37 bits per heavy atom. The largest absolute Gasteiger partial charge is 0.326 e. The van der Waals surface area contributed by atoms with Crippen LogP contribution in [-0.2, 0) is 14.8 Å². The van der Waals surface area contributed by atoms with Gasteiger partial charge in [-0.2, -0.15) is 0 Å². The van der Waals surface area contributed by atoms with Gasteiger partial charge in [0.25, 0.3) is 10.0 Å². The van der Waals surface area contributed by atoms with Crippen LogP contribution in [0.25, 0.3) is 0 Å². The predicted molar refractivity (Wildman–Crippen MR) is 72.6 cm³/mol. The molecule has 0 bridgehead atoms. The zero-order chi connectivity index (χ0) is 13.9. The maximum Gasteiger partial charge on any atom is 0.262 e. The van der Waals surface area contributed by atoms with Crippen molar-refractivity contribution in [3.05, 3.63) is 24.3 Å². The van der Waals surface area contributed by atoms with E-state index in [1.54, 1.807) is 12.1 Å². The summed E-state index contributed by atoms with van der Waals surface area (Å²) >= 11 is 0. The molecule has 19 heavy (non-hydrogen) atoms. The molecule has 0 unspecified atom stereocenters. The van der Waals surface area contributed by atoms with Gasteiger partial charge >= 0.3 is 0 Å². The molecule has 2 rings (SSSR count). The van der Waals surface area contributed by atoms with E-state index in [1.165, 1.54) is 19.1 Å². The van der Waals surface area contributed by atoms with E-state index >= 15 is 0 Å². The molecule has 0 aliphatic carbocycles. The van der Waals surface area contributed by atoms with Gasteiger partial charge in [0.1, 0.15) is 5.84 Å². The van der Waals surface area contributed by atoms with Gasteiger partial charge in [0.05, 0.1) is 4.90 Å². The van der Waals surface area contributed by atoms with Crippen LogP contribution in [0.1, 0.15) is 19.8 Å². The number of nitrogens with one attached hydrogen (secondary N) is 2. The number of benzene rings is 1. The first kappa shape index (κ1) is 13.5. The van der Waals surface area contributed by atoms with Crippen LogP contribution >= 0.6 is 0 Å². The third-order valence-electron chi connectivity index (χ3n) is 2.59. The second-order valence-corrected chi connectivity index (χ2v) is 5.93. The molecule has 0 radical (unpaired) electrons. The highest BCUT2D eigenvalue weighted by atomic mass is 32.2. The van der Waals surface area contributed by atoms with E-state index in [1.807, 2.05) is 0 Å².